The Kier molecular flexibility index (Phi) is 5.98. The fourth-order valence-corrected chi connectivity index (χ4v) is 4.77. The van der Waals surface area contributed by atoms with Gasteiger partial charge in [-0.1, -0.05) is 41.4 Å². The Morgan fingerprint density at radius 3 is 2.67 bits per heavy atom. The minimum Gasteiger partial charge on any atom is -0.497 e. The first-order chi connectivity index (χ1) is 16.1. The Morgan fingerprint density at radius 2 is 1.88 bits per heavy atom. The lowest BCUT2D eigenvalue weighted by atomic mass is 10.0. The second-order valence-corrected chi connectivity index (χ2v) is 8.67. The van der Waals surface area contributed by atoms with Gasteiger partial charge >= 0.3 is 0 Å². The third-order valence-electron chi connectivity index (χ3n) is 5.56. The van der Waals surface area contributed by atoms with Gasteiger partial charge in [-0.05, 0) is 60.7 Å². The highest BCUT2D eigenvalue weighted by Gasteiger charge is 2.42. The molecule has 0 bridgehead atoms. The van der Waals surface area contributed by atoms with E-state index in [0.717, 1.165) is 22.7 Å². The molecular weight excluding hydrogens is 477 g/mol. The first-order valence-corrected chi connectivity index (χ1v) is 11.4. The van der Waals surface area contributed by atoms with Crippen LogP contribution in [0, 0.1) is 0 Å². The Bertz CT molecular complexity index is 1310. The van der Waals surface area contributed by atoms with E-state index in [2.05, 4.69) is 10.3 Å². The summed E-state index contributed by atoms with van der Waals surface area (Å²) in [5.74, 6) is 2.08. The third-order valence-corrected chi connectivity index (χ3v) is 6.70. The van der Waals surface area contributed by atoms with Gasteiger partial charge in [0.25, 0.3) is 0 Å². The van der Waals surface area contributed by atoms with Crippen LogP contribution in [0.3, 0.4) is 0 Å². The highest BCUT2D eigenvalue weighted by Crippen LogP contribution is 2.44. The molecule has 166 valence electrons. The first kappa shape index (κ1) is 21.8. The van der Waals surface area contributed by atoms with E-state index in [-0.39, 0.29) is 12.1 Å². The summed E-state index contributed by atoms with van der Waals surface area (Å²) in [6.07, 6.45) is 1.77. The van der Waals surface area contributed by atoms with E-state index in [4.69, 9.17) is 44.6 Å². The monoisotopic (exact) mass is 495 g/mol. The predicted molar refractivity (Wildman–Crippen MR) is 135 cm³/mol. The van der Waals surface area contributed by atoms with Crippen LogP contribution in [0.15, 0.2) is 83.4 Å². The fraction of sp³-hybridized carbons (Fsp3) is 0.120. The van der Waals surface area contributed by atoms with Crippen LogP contribution < -0.4 is 15.0 Å². The zero-order chi connectivity index (χ0) is 22.9. The van der Waals surface area contributed by atoms with Gasteiger partial charge in [0.1, 0.15) is 23.3 Å². The van der Waals surface area contributed by atoms with Gasteiger partial charge in [0.15, 0.2) is 5.11 Å². The van der Waals surface area contributed by atoms with E-state index in [1.807, 2.05) is 71.6 Å². The number of hydrogen-bond acceptors (Lipinski definition) is 4. The average Bonchev–Trinajstić information content (AvgIpc) is 3.46. The van der Waals surface area contributed by atoms with Crippen molar-refractivity contribution in [1.82, 2.24) is 10.3 Å². The molecule has 0 saturated carbocycles. The van der Waals surface area contributed by atoms with Crippen molar-refractivity contribution in [3.63, 3.8) is 0 Å². The molecule has 1 N–H and O–H groups in total. The first-order valence-electron chi connectivity index (χ1n) is 10.3. The number of rotatable bonds is 5. The summed E-state index contributed by atoms with van der Waals surface area (Å²) in [5.41, 5.74) is 2.47. The normalized spacial score (nSPS) is 17.8. The Balaban J connectivity index is 1.62. The minimum absolute atomic E-state index is 0.223. The number of nitrogens with one attached hydrogen (secondary N) is 1. The summed E-state index contributed by atoms with van der Waals surface area (Å²) in [4.78, 5) is 6.60. The summed E-state index contributed by atoms with van der Waals surface area (Å²) in [6, 6.07) is 22.4. The molecular formula is C25H19Cl2N3O2S. The van der Waals surface area contributed by atoms with E-state index in [0.29, 0.717) is 26.7 Å². The maximum atomic E-state index is 6.44. The average molecular weight is 496 g/mol. The third kappa shape index (κ3) is 4.06. The van der Waals surface area contributed by atoms with Gasteiger partial charge in [-0.25, -0.2) is 0 Å². The number of aromatic nitrogens is 1. The van der Waals surface area contributed by atoms with Crippen LogP contribution >= 0.6 is 35.4 Å². The largest absolute Gasteiger partial charge is 0.497 e. The maximum Gasteiger partial charge on any atom is 0.174 e. The van der Waals surface area contributed by atoms with Gasteiger partial charge in [-0.2, -0.15) is 0 Å². The Morgan fingerprint density at radius 1 is 1.03 bits per heavy atom. The number of nitrogens with zero attached hydrogens (tertiary/aromatic N) is 2. The fourth-order valence-electron chi connectivity index (χ4n) is 4.03. The smallest absolute Gasteiger partial charge is 0.174 e. The van der Waals surface area contributed by atoms with Crippen molar-refractivity contribution in [2.24, 2.45) is 0 Å². The van der Waals surface area contributed by atoms with Crippen LogP contribution in [0.2, 0.25) is 10.0 Å². The van der Waals surface area contributed by atoms with Crippen molar-refractivity contribution in [3.8, 4) is 17.1 Å². The summed E-state index contributed by atoms with van der Waals surface area (Å²) < 4.78 is 11.8. The summed E-state index contributed by atoms with van der Waals surface area (Å²) in [5, 5.41) is 4.92. The molecule has 2 aromatic carbocycles. The molecule has 0 unspecified atom stereocenters. The summed E-state index contributed by atoms with van der Waals surface area (Å²) >= 11 is 18.4. The minimum atomic E-state index is -0.286. The highest BCUT2D eigenvalue weighted by atomic mass is 35.5. The van der Waals surface area contributed by atoms with Crippen LogP contribution in [0.1, 0.15) is 23.5 Å². The number of pyridine rings is 1. The molecule has 0 radical (unpaired) electrons. The number of methoxy groups -OCH3 is 1. The van der Waals surface area contributed by atoms with Gasteiger partial charge in [0, 0.05) is 23.5 Å². The summed E-state index contributed by atoms with van der Waals surface area (Å²) in [6.45, 7) is 0. The molecule has 0 spiro atoms. The summed E-state index contributed by atoms with van der Waals surface area (Å²) in [7, 11) is 1.64. The second-order valence-electron chi connectivity index (χ2n) is 7.50. The molecule has 3 heterocycles. The lowest BCUT2D eigenvalue weighted by molar-refractivity contribution is 0.414. The van der Waals surface area contributed by atoms with Crippen molar-refractivity contribution in [3.05, 3.63) is 100 Å². The quantitative estimate of drug-likeness (QED) is 0.306. The van der Waals surface area contributed by atoms with Crippen LogP contribution in [-0.4, -0.2) is 17.2 Å². The van der Waals surface area contributed by atoms with Gasteiger partial charge in [0.05, 0.1) is 28.9 Å². The zero-order valence-corrected chi connectivity index (χ0v) is 19.9. The molecule has 5 rings (SSSR count). The second kappa shape index (κ2) is 9.06. The van der Waals surface area contributed by atoms with Crippen LogP contribution in [-0.2, 0) is 0 Å². The van der Waals surface area contributed by atoms with Crippen LogP contribution in [0.25, 0.3) is 11.3 Å². The number of hydrogen-bond donors (Lipinski definition) is 1. The van der Waals surface area contributed by atoms with Crippen molar-refractivity contribution in [1.29, 1.82) is 0 Å². The molecule has 4 aromatic rings. The lowest BCUT2D eigenvalue weighted by Crippen LogP contribution is -2.29. The Hall–Kier alpha value is -3.06. The molecule has 1 aliphatic rings. The molecule has 2 atom stereocenters. The number of benzene rings is 2. The molecule has 0 aliphatic carbocycles. The molecule has 0 amide bonds. The standard InChI is InChI=1S/C25H19Cl2N3O2S/c1-31-16-7-4-6-15(14-16)30-24(23(29-25(30)33)19-10-2-3-13-28-19)21-12-11-20(32-21)17-8-5-9-18(26)22(17)27/h2-14,23-24H,1H3,(H,29,33)/t23-,24-/m0/s1. The van der Waals surface area contributed by atoms with Gasteiger partial charge < -0.3 is 19.4 Å². The predicted octanol–water partition coefficient (Wildman–Crippen LogP) is 6.83. The number of thiocarbonyl (C=S) groups is 1. The number of halogens is 2. The van der Waals surface area contributed by atoms with E-state index >= 15 is 0 Å². The molecule has 8 heteroatoms. The zero-order valence-electron chi connectivity index (χ0n) is 17.5. The van der Waals surface area contributed by atoms with Crippen LogP contribution in [0.5, 0.6) is 5.75 Å². The lowest BCUT2D eigenvalue weighted by Gasteiger charge is -2.26. The Labute approximate surface area is 206 Å². The van der Waals surface area contributed by atoms with Crippen molar-refractivity contribution in [2.75, 3.05) is 12.0 Å². The molecule has 1 aliphatic heterocycles. The maximum absolute atomic E-state index is 6.44. The highest BCUT2D eigenvalue weighted by molar-refractivity contribution is 7.80. The number of furan rings is 1. The SMILES string of the molecule is COc1cccc(N2C(=S)N[C@@H](c3ccccn3)[C@@H]2c2ccc(-c3cccc(Cl)c3Cl)o2)c1. The molecule has 2 aromatic heterocycles. The van der Waals surface area contributed by atoms with Crippen LogP contribution in [0.4, 0.5) is 5.69 Å². The van der Waals surface area contributed by atoms with Gasteiger partial charge in [-0.15, -0.1) is 0 Å². The number of ether oxygens (including phenoxy) is 1. The van der Waals surface area contributed by atoms with E-state index in [1.165, 1.54) is 0 Å². The topological polar surface area (TPSA) is 50.5 Å². The van der Waals surface area contributed by atoms with E-state index in [1.54, 1.807) is 19.4 Å². The van der Waals surface area contributed by atoms with Crippen molar-refractivity contribution >= 4 is 46.2 Å². The number of anilines is 1. The van der Waals surface area contributed by atoms with Crippen molar-refractivity contribution in [2.45, 2.75) is 12.1 Å². The molecule has 5 nitrogen and oxygen atoms in total. The van der Waals surface area contributed by atoms with E-state index < -0.39 is 0 Å². The van der Waals surface area contributed by atoms with Gasteiger partial charge in [-0.3, -0.25) is 4.98 Å². The molecule has 1 fully saturated rings. The molecule has 33 heavy (non-hydrogen) atoms. The van der Waals surface area contributed by atoms with Crippen molar-refractivity contribution < 1.29 is 9.15 Å². The van der Waals surface area contributed by atoms with Gasteiger partial charge in [0.2, 0.25) is 0 Å². The molecule has 1 saturated heterocycles. The van der Waals surface area contributed by atoms with E-state index in [9.17, 15) is 0 Å².